The molecule has 1 heterocycles. The highest BCUT2D eigenvalue weighted by molar-refractivity contribution is 14.0. The van der Waals surface area contributed by atoms with E-state index in [1.54, 1.807) is 7.05 Å². The number of carbonyl (C=O) groups excluding carboxylic acids is 1. The van der Waals surface area contributed by atoms with Gasteiger partial charge in [0.2, 0.25) is 5.89 Å². The van der Waals surface area contributed by atoms with Crippen molar-refractivity contribution in [2.45, 2.75) is 39.5 Å². The van der Waals surface area contributed by atoms with Crippen LogP contribution in [-0.2, 0) is 12.8 Å². The number of carbonyl (C=O) groups is 1. The minimum Gasteiger partial charge on any atom is -0.357 e. The van der Waals surface area contributed by atoms with Gasteiger partial charge in [0.1, 0.15) is 0 Å². The molecule has 2 aromatic rings. The van der Waals surface area contributed by atoms with Crippen LogP contribution in [0, 0.1) is 0 Å². The standard InChI is InChI=1S/C20H30N6O2.HI/c1-5-22-20(24-12-10-17-25-18(14(2)3)26-28-17)23-11-9-15-7-6-8-16(13-15)19(27)21-4;/h6-8,13-14H,5,9-12H2,1-4H3,(H,21,27)(H2,22,23,24);1H. The first-order chi connectivity index (χ1) is 13.5. The van der Waals surface area contributed by atoms with E-state index in [0.29, 0.717) is 31.0 Å². The third kappa shape index (κ3) is 8.38. The summed E-state index contributed by atoms with van der Waals surface area (Å²) in [5.74, 6) is 2.25. The van der Waals surface area contributed by atoms with E-state index in [1.165, 1.54) is 0 Å². The zero-order valence-electron chi connectivity index (χ0n) is 17.5. The molecule has 0 spiro atoms. The first kappa shape index (κ1) is 24.9. The number of guanidine groups is 1. The molecule has 0 aliphatic carbocycles. The smallest absolute Gasteiger partial charge is 0.251 e. The van der Waals surface area contributed by atoms with Gasteiger partial charge in [-0.2, -0.15) is 4.98 Å². The van der Waals surface area contributed by atoms with Crippen molar-refractivity contribution in [3.05, 3.63) is 47.1 Å². The van der Waals surface area contributed by atoms with Crippen LogP contribution < -0.4 is 16.0 Å². The normalized spacial score (nSPS) is 11.1. The van der Waals surface area contributed by atoms with Gasteiger partial charge in [-0.1, -0.05) is 31.1 Å². The Morgan fingerprint density at radius 3 is 2.69 bits per heavy atom. The largest absolute Gasteiger partial charge is 0.357 e. The van der Waals surface area contributed by atoms with Gasteiger partial charge in [0.05, 0.1) is 6.54 Å². The number of halogens is 1. The number of nitrogens with one attached hydrogen (secondary N) is 3. The monoisotopic (exact) mass is 514 g/mol. The van der Waals surface area contributed by atoms with Gasteiger partial charge in [-0.15, -0.1) is 24.0 Å². The Morgan fingerprint density at radius 1 is 1.24 bits per heavy atom. The van der Waals surface area contributed by atoms with Crippen LogP contribution in [0.25, 0.3) is 0 Å². The number of rotatable bonds is 9. The van der Waals surface area contributed by atoms with Crippen molar-refractivity contribution in [3.63, 3.8) is 0 Å². The Bertz CT molecular complexity index is 791. The van der Waals surface area contributed by atoms with Crippen molar-refractivity contribution in [2.75, 3.05) is 26.7 Å². The molecule has 0 fully saturated rings. The molecule has 0 aliphatic heterocycles. The Hall–Kier alpha value is -2.17. The van der Waals surface area contributed by atoms with E-state index in [2.05, 4.69) is 31.1 Å². The quantitative estimate of drug-likeness (QED) is 0.270. The van der Waals surface area contributed by atoms with Crippen molar-refractivity contribution in [1.82, 2.24) is 26.1 Å². The molecular formula is C20H31IN6O2. The summed E-state index contributed by atoms with van der Waals surface area (Å²) in [6.07, 6.45) is 1.39. The second-order valence-electron chi connectivity index (χ2n) is 6.67. The number of aromatic nitrogens is 2. The zero-order valence-corrected chi connectivity index (χ0v) is 19.8. The van der Waals surface area contributed by atoms with Crippen LogP contribution in [0.3, 0.4) is 0 Å². The van der Waals surface area contributed by atoms with Crippen LogP contribution in [0.5, 0.6) is 0 Å². The molecule has 0 saturated heterocycles. The molecule has 0 aliphatic rings. The van der Waals surface area contributed by atoms with Gasteiger partial charge in [-0.25, -0.2) is 0 Å². The highest BCUT2D eigenvalue weighted by atomic mass is 127. The lowest BCUT2D eigenvalue weighted by Crippen LogP contribution is -2.38. The number of aliphatic imine (C=N–C) groups is 1. The fourth-order valence-corrected chi connectivity index (χ4v) is 2.55. The van der Waals surface area contributed by atoms with Crippen LogP contribution in [0.4, 0.5) is 0 Å². The summed E-state index contributed by atoms with van der Waals surface area (Å²) in [5, 5.41) is 13.1. The highest BCUT2D eigenvalue weighted by Crippen LogP contribution is 2.09. The van der Waals surface area contributed by atoms with Gasteiger partial charge in [0, 0.05) is 38.0 Å². The summed E-state index contributed by atoms with van der Waals surface area (Å²) in [6, 6.07) is 7.63. The molecule has 29 heavy (non-hydrogen) atoms. The van der Waals surface area contributed by atoms with E-state index in [4.69, 9.17) is 4.52 Å². The molecular weight excluding hydrogens is 483 g/mol. The lowest BCUT2D eigenvalue weighted by atomic mass is 10.1. The molecule has 0 atom stereocenters. The van der Waals surface area contributed by atoms with E-state index in [1.807, 2.05) is 45.0 Å². The van der Waals surface area contributed by atoms with Crippen molar-refractivity contribution < 1.29 is 9.32 Å². The maximum absolute atomic E-state index is 11.7. The molecule has 9 heteroatoms. The van der Waals surface area contributed by atoms with Crippen LogP contribution in [0.2, 0.25) is 0 Å². The van der Waals surface area contributed by atoms with Gasteiger partial charge in [0.25, 0.3) is 5.91 Å². The minimum absolute atomic E-state index is 0. The number of hydrogen-bond acceptors (Lipinski definition) is 5. The third-order valence-corrected chi connectivity index (χ3v) is 4.06. The van der Waals surface area contributed by atoms with Crippen LogP contribution in [0.1, 0.15) is 54.3 Å². The fraction of sp³-hybridized carbons (Fsp3) is 0.500. The Kier molecular flexibility index (Phi) is 11.3. The van der Waals surface area contributed by atoms with E-state index < -0.39 is 0 Å². The van der Waals surface area contributed by atoms with Gasteiger partial charge < -0.3 is 20.5 Å². The summed E-state index contributed by atoms with van der Waals surface area (Å²) in [5.41, 5.74) is 1.76. The lowest BCUT2D eigenvalue weighted by molar-refractivity contribution is 0.0963. The maximum atomic E-state index is 11.7. The van der Waals surface area contributed by atoms with Gasteiger partial charge in [-0.3, -0.25) is 9.79 Å². The summed E-state index contributed by atoms with van der Waals surface area (Å²) < 4.78 is 5.24. The predicted molar refractivity (Wildman–Crippen MR) is 125 cm³/mol. The minimum atomic E-state index is -0.0774. The molecule has 1 amide bonds. The molecule has 8 nitrogen and oxygen atoms in total. The predicted octanol–water partition coefficient (Wildman–Crippen LogP) is 2.51. The molecule has 2 rings (SSSR count). The molecule has 0 bridgehead atoms. The molecule has 0 saturated carbocycles. The molecule has 3 N–H and O–H groups in total. The third-order valence-electron chi connectivity index (χ3n) is 4.06. The summed E-state index contributed by atoms with van der Waals surface area (Å²) in [4.78, 5) is 20.7. The zero-order chi connectivity index (χ0) is 20.4. The van der Waals surface area contributed by atoms with Crippen LogP contribution in [0.15, 0.2) is 33.8 Å². The average Bonchev–Trinajstić information content (AvgIpc) is 3.17. The van der Waals surface area contributed by atoms with Gasteiger partial charge in [0.15, 0.2) is 11.8 Å². The van der Waals surface area contributed by atoms with Crippen molar-refractivity contribution in [2.24, 2.45) is 4.99 Å². The van der Waals surface area contributed by atoms with Gasteiger partial charge in [-0.05, 0) is 31.0 Å². The second-order valence-corrected chi connectivity index (χ2v) is 6.67. The maximum Gasteiger partial charge on any atom is 0.251 e. The van der Waals surface area contributed by atoms with E-state index in [9.17, 15) is 4.79 Å². The Labute approximate surface area is 189 Å². The lowest BCUT2D eigenvalue weighted by Gasteiger charge is -2.11. The first-order valence-corrected chi connectivity index (χ1v) is 9.69. The van der Waals surface area contributed by atoms with E-state index in [-0.39, 0.29) is 35.8 Å². The second kappa shape index (κ2) is 13.1. The molecule has 1 aromatic carbocycles. The van der Waals surface area contributed by atoms with Crippen molar-refractivity contribution >= 4 is 35.8 Å². The van der Waals surface area contributed by atoms with Crippen molar-refractivity contribution in [3.8, 4) is 0 Å². The molecule has 0 radical (unpaired) electrons. The summed E-state index contributed by atoms with van der Waals surface area (Å²) in [7, 11) is 1.63. The Balaban J connectivity index is 0.00000420. The fourth-order valence-electron chi connectivity index (χ4n) is 2.55. The summed E-state index contributed by atoms with van der Waals surface area (Å²) in [6.45, 7) is 8.13. The molecule has 0 unspecified atom stereocenters. The van der Waals surface area contributed by atoms with Crippen molar-refractivity contribution in [1.29, 1.82) is 0 Å². The average molecular weight is 514 g/mol. The SMILES string of the molecule is CCNC(=NCCc1nc(C(C)C)no1)NCCc1cccc(C(=O)NC)c1.I. The Morgan fingerprint density at radius 2 is 2.03 bits per heavy atom. The first-order valence-electron chi connectivity index (χ1n) is 9.69. The number of benzene rings is 1. The number of amides is 1. The highest BCUT2D eigenvalue weighted by Gasteiger charge is 2.09. The molecule has 160 valence electrons. The van der Waals surface area contributed by atoms with Gasteiger partial charge >= 0.3 is 0 Å². The summed E-state index contributed by atoms with van der Waals surface area (Å²) >= 11 is 0. The van der Waals surface area contributed by atoms with Crippen LogP contribution >= 0.6 is 24.0 Å². The number of hydrogen-bond donors (Lipinski definition) is 3. The molecule has 1 aromatic heterocycles. The number of nitrogens with zero attached hydrogens (tertiary/aromatic N) is 3. The van der Waals surface area contributed by atoms with E-state index >= 15 is 0 Å². The topological polar surface area (TPSA) is 104 Å². The van der Waals surface area contributed by atoms with E-state index in [0.717, 1.165) is 30.3 Å². The van der Waals surface area contributed by atoms with Crippen LogP contribution in [-0.4, -0.2) is 48.7 Å².